The number of para-hydroxylation sites is 1. The summed E-state index contributed by atoms with van der Waals surface area (Å²) in [5, 5.41) is 2.17. The molecule has 0 atom stereocenters. The van der Waals surface area contributed by atoms with Crippen molar-refractivity contribution in [2.75, 3.05) is 0 Å². The lowest BCUT2D eigenvalue weighted by Gasteiger charge is -2.22. The molecule has 6 aromatic carbocycles. The maximum atomic E-state index is 6.21. The molecule has 4 nitrogen and oxygen atoms in total. The van der Waals surface area contributed by atoms with Crippen LogP contribution in [0.15, 0.2) is 168 Å². The van der Waals surface area contributed by atoms with Gasteiger partial charge in [0.05, 0.1) is 17.1 Å². The number of furan rings is 1. The molecule has 0 saturated heterocycles. The van der Waals surface area contributed by atoms with E-state index in [-0.39, 0.29) is 5.41 Å². The van der Waals surface area contributed by atoms with Crippen LogP contribution < -0.4 is 0 Å². The summed E-state index contributed by atoms with van der Waals surface area (Å²) < 4.78 is 6.21. The molecule has 0 saturated carbocycles. The fourth-order valence-corrected chi connectivity index (χ4v) is 7.97. The van der Waals surface area contributed by atoms with Crippen LogP contribution in [-0.2, 0) is 5.41 Å². The Bertz CT molecular complexity index is 2810. The molecule has 0 aliphatic heterocycles. The van der Waals surface area contributed by atoms with E-state index in [9.17, 15) is 0 Å². The Morgan fingerprint density at radius 1 is 0.462 bits per heavy atom. The van der Waals surface area contributed by atoms with Crippen LogP contribution in [0.5, 0.6) is 0 Å². The number of benzene rings is 6. The highest BCUT2D eigenvalue weighted by atomic mass is 16.3. The molecule has 1 aliphatic carbocycles. The number of hydrogen-bond donors (Lipinski definition) is 0. The first-order valence-electron chi connectivity index (χ1n) is 17.7. The van der Waals surface area contributed by atoms with Gasteiger partial charge in [0.15, 0.2) is 5.82 Å². The maximum absolute atomic E-state index is 6.21. The zero-order valence-electron chi connectivity index (χ0n) is 28.8. The first kappa shape index (κ1) is 30.2. The quantitative estimate of drug-likeness (QED) is 0.183. The summed E-state index contributed by atoms with van der Waals surface area (Å²) >= 11 is 0. The Morgan fingerprint density at radius 3 is 1.98 bits per heavy atom. The molecular weight excluding hydrogens is 635 g/mol. The van der Waals surface area contributed by atoms with Gasteiger partial charge in [0, 0.05) is 50.2 Å². The first-order valence-corrected chi connectivity index (χ1v) is 17.7. The molecule has 3 aromatic heterocycles. The molecule has 0 spiro atoms. The molecule has 9 aromatic rings. The zero-order valence-corrected chi connectivity index (χ0v) is 28.8. The molecule has 3 heterocycles. The monoisotopic (exact) mass is 667 g/mol. The van der Waals surface area contributed by atoms with E-state index in [2.05, 4.69) is 123 Å². The number of aromatic nitrogens is 3. The Hall–Kier alpha value is -6.65. The number of hydrogen-bond acceptors (Lipinski definition) is 4. The summed E-state index contributed by atoms with van der Waals surface area (Å²) in [7, 11) is 0. The van der Waals surface area contributed by atoms with Crippen LogP contribution in [0.2, 0.25) is 0 Å². The zero-order chi connectivity index (χ0) is 34.8. The van der Waals surface area contributed by atoms with Gasteiger partial charge in [-0.05, 0) is 58.1 Å². The van der Waals surface area contributed by atoms with Crippen LogP contribution in [-0.4, -0.2) is 15.0 Å². The van der Waals surface area contributed by atoms with Gasteiger partial charge in [-0.25, -0.2) is 9.97 Å². The highest BCUT2D eigenvalue weighted by molar-refractivity contribution is 6.13. The van der Waals surface area contributed by atoms with Crippen LogP contribution in [0.3, 0.4) is 0 Å². The lowest BCUT2D eigenvalue weighted by Crippen LogP contribution is -2.14. The van der Waals surface area contributed by atoms with Crippen LogP contribution in [0.25, 0.3) is 89.4 Å². The van der Waals surface area contributed by atoms with Crippen LogP contribution in [0.4, 0.5) is 0 Å². The Kier molecular flexibility index (Phi) is 6.80. The van der Waals surface area contributed by atoms with Crippen molar-refractivity contribution in [1.82, 2.24) is 15.0 Å². The van der Waals surface area contributed by atoms with Crippen molar-refractivity contribution in [3.05, 3.63) is 175 Å². The van der Waals surface area contributed by atoms with Gasteiger partial charge < -0.3 is 4.42 Å². The number of fused-ring (bicyclic) bond motifs is 6. The van der Waals surface area contributed by atoms with Crippen molar-refractivity contribution in [1.29, 1.82) is 0 Å². The van der Waals surface area contributed by atoms with Gasteiger partial charge in [0.2, 0.25) is 0 Å². The molecule has 0 fully saturated rings. The normalized spacial score (nSPS) is 13.0. The molecule has 0 bridgehead atoms. The van der Waals surface area contributed by atoms with Gasteiger partial charge in [-0.1, -0.05) is 141 Å². The van der Waals surface area contributed by atoms with Gasteiger partial charge in [-0.15, -0.1) is 0 Å². The maximum Gasteiger partial charge on any atom is 0.160 e. The standard InChI is InChI=1S/C48H33N3O/c1-48(2)39-18-8-6-14-35(39)36-26-25-33(28-40(36)48)42-29-41(50-47(51-42)32-12-4-3-5-13-32)31-23-21-30(22-24-31)34-17-11-27-49-46(34)38-16-10-20-44-45(38)37-15-7-9-19-43(37)52-44/h3-29H,1-2H3. The van der Waals surface area contributed by atoms with E-state index >= 15 is 0 Å². The van der Waals surface area contributed by atoms with Gasteiger partial charge in [-0.3, -0.25) is 4.98 Å². The Morgan fingerprint density at radius 2 is 1.12 bits per heavy atom. The summed E-state index contributed by atoms with van der Waals surface area (Å²) in [5.74, 6) is 0.704. The second-order valence-corrected chi connectivity index (χ2v) is 14.0. The summed E-state index contributed by atoms with van der Waals surface area (Å²) in [5.41, 5.74) is 15.9. The van der Waals surface area contributed by atoms with Crippen molar-refractivity contribution in [2.45, 2.75) is 19.3 Å². The van der Waals surface area contributed by atoms with E-state index < -0.39 is 0 Å². The highest BCUT2D eigenvalue weighted by Crippen LogP contribution is 2.49. The van der Waals surface area contributed by atoms with Gasteiger partial charge >= 0.3 is 0 Å². The van der Waals surface area contributed by atoms with Crippen molar-refractivity contribution < 1.29 is 4.42 Å². The third-order valence-electron chi connectivity index (χ3n) is 10.6. The molecule has 4 heteroatoms. The van der Waals surface area contributed by atoms with Crippen molar-refractivity contribution in [2.24, 2.45) is 0 Å². The van der Waals surface area contributed by atoms with E-state index in [0.717, 1.165) is 72.4 Å². The van der Waals surface area contributed by atoms with Gasteiger partial charge in [0.25, 0.3) is 0 Å². The molecule has 0 unspecified atom stereocenters. The predicted octanol–water partition coefficient (Wildman–Crippen LogP) is 12.4. The Labute approximate surface area is 302 Å². The average Bonchev–Trinajstić information content (AvgIpc) is 3.70. The largest absolute Gasteiger partial charge is 0.456 e. The minimum atomic E-state index is -0.0999. The highest BCUT2D eigenvalue weighted by Gasteiger charge is 2.35. The van der Waals surface area contributed by atoms with Gasteiger partial charge in [-0.2, -0.15) is 0 Å². The molecule has 10 rings (SSSR count). The SMILES string of the molecule is CC1(C)c2ccccc2-c2ccc(-c3cc(-c4ccc(-c5cccnc5-c5cccc6oc7ccccc7c56)cc4)nc(-c4ccccc4)n3)cc21. The second kappa shape index (κ2) is 11.7. The lowest BCUT2D eigenvalue weighted by atomic mass is 9.82. The number of nitrogens with zero attached hydrogens (tertiary/aromatic N) is 3. The van der Waals surface area contributed by atoms with Crippen molar-refractivity contribution >= 4 is 21.9 Å². The minimum Gasteiger partial charge on any atom is -0.456 e. The van der Waals surface area contributed by atoms with E-state index in [0.29, 0.717) is 5.82 Å². The average molecular weight is 668 g/mol. The summed E-state index contributed by atoms with van der Waals surface area (Å²) in [6.45, 7) is 4.63. The molecule has 0 radical (unpaired) electrons. The molecule has 246 valence electrons. The molecule has 0 N–H and O–H groups in total. The van der Waals surface area contributed by atoms with Crippen LogP contribution >= 0.6 is 0 Å². The smallest absolute Gasteiger partial charge is 0.160 e. The fourth-order valence-electron chi connectivity index (χ4n) is 7.97. The third-order valence-corrected chi connectivity index (χ3v) is 10.6. The second-order valence-electron chi connectivity index (χ2n) is 14.0. The van der Waals surface area contributed by atoms with Crippen molar-refractivity contribution in [3.8, 4) is 67.4 Å². The summed E-state index contributed by atoms with van der Waals surface area (Å²) in [6, 6.07) is 55.1. The van der Waals surface area contributed by atoms with Crippen molar-refractivity contribution in [3.63, 3.8) is 0 Å². The predicted molar refractivity (Wildman–Crippen MR) is 212 cm³/mol. The lowest BCUT2D eigenvalue weighted by molar-refractivity contribution is 0.660. The molecule has 0 amide bonds. The summed E-state index contributed by atoms with van der Waals surface area (Å²) in [6.07, 6.45) is 1.86. The van der Waals surface area contributed by atoms with Crippen LogP contribution in [0, 0.1) is 0 Å². The van der Waals surface area contributed by atoms with E-state index in [4.69, 9.17) is 19.4 Å². The van der Waals surface area contributed by atoms with E-state index in [1.165, 1.54) is 22.3 Å². The summed E-state index contributed by atoms with van der Waals surface area (Å²) in [4.78, 5) is 15.2. The minimum absolute atomic E-state index is 0.0999. The molecular formula is C48H33N3O. The van der Waals surface area contributed by atoms with Gasteiger partial charge in [0.1, 0.15) is 11.2 Å². The number of pyridine rings is 1. The van der Waals surface area contributed by atoms with E-state index in [1.807, 2.05) is 54.7 Å². The number of rotatable bonds is 5. The Balaban J connectivity index is 1.07. The van der Waals surface area contributed by atoms with Crippen LogP contribution in [0.1, 0.15) is 25.0 Å². The third kappa shape index (κ3) is 4.79. The topological polar surface area (TPSA) is 51.8 Å². The molecule has 1 aliphatic rings. The fraction of sp³-hybridized carbons (Fsp3) is 0.0625. The first-order chi connectivity index (χ1) is 25.5. The van der Waals surface area contributed by atoms with E-state index in [1.54, 1.807) is 0 Å². The molecule has 52 heavy (non-hydrogen) atoms.